The number of carbonyl (C=O) groups excluding carboxylic acids is 3. The number of nitrogens with one attached hydrogen (secondary N) is 1. The first-order chi connectivity index (χ1) is 19.3. The normalized spacial score (nSPS) is 19.8. The smallest absolute Gasteiger partial charge is 0.243 e. The van der Waals surface area contributed by atoms with Crippen molar-refractivity contribution < 1.29 is 14.4 Å². The number of rotatable bonds is 9. The van der Waals surface area contributed by atoms with Gasteiger partial charge in [0, 0.05) is 57.4 Å². The van der Waals surface area contributed by atoms with Crippen molar-refractivity contribution in [3.05, 3.63) is 59.5 Å². The Morgan fingerprint density at radius 2 is 1.85 bits per heavy atom. The van der Waals surface area contributed by atoms with Crippen LogP contribution in [0.5, 0.6) is 0 Å². The van der Waals surface area contributed by atoms with Crippen LogP contribution in [0.25, 0.3) is 10.9 Å². The molecule has 3 aromatic rings. The molecule has 0 spiro atoms. The SMILES string of the molecule is Cc1nn(C)c2ccc(CNC(=O)[C@@H]3C[C@@H](Cc4ccncc4)CN3C(=O)[C@H](N)CCC(=O)N3CCCC3)cc12. The molecule has 10 heteroatoms. The van der Waals surface area contributed by atoms with E-state index in [2.05, 4.69) is 21.5 Å². The van der Waals surface area contributed by atoms with Gasteiger partial charge in [-0.25, -0.2) is 0 Å². The molecule has 5 rings (SSSR count). The first-order valence-electron chi connectivity index (χ1n) is 14.2. The summed E-state index contributed by atoms with van der Waals surface area (Å²) in [5.74, 6) is -0.282. The van der Waals surface area contributed by atoms with Crippen molar-refractivity contribution in [3.8, 4) is 0 Å². The van der Waals surface area contributed by atoms with Crippen LogP contribution in [0, 0.1) is 12.8 Å². The number of pyridine rings is 1. The van der Waals surface area contributed by atoms with Gasteiger partial charge in [0.2, 0.25) is 17.7 Å². The van der Waals surface area contributed by atoms with Gasteiger partial charge in [0.25, 0.3) is 0 Å². The highest BCUT2D eigenvalue weighted by atomic mass is 16.2. The van der Waals surface area contributed by atoms with Crippen molar-refractivity contribution in [2.45, 2.75) is 64.1 Å². The molecule has 0 saturated carbocycles. The van der Waals surface area contributed by atoms with E-state index in [4.69, 9.17) is 5.73 Å². The van der Waals surface area contributed by atoms with Crippen LogP contribution >= 0.6 is 0 Å². The van der Waals surface area contributed by atoms with E-state index in [1.807, 2.05) is 47.8 Å². The lowest BCUT2D eigenvalue weighted by molar-refractivity contribution is -0.140. The third kappa shape index (κ3) is 6.17. The molecule has 0 radical (unpaired) electrons. The lowest BCUT2D eigenvalue weighted by atomic mass is 9.97. The number of carbonyl (C=O) groups is 3. The van der Waals surface area contributed by atoms with E-state index in [0.29, 0.717) is 19.5 Å². The van der Waals surface area contributed by atoms with Crippen LogP contribution in [-0.4, -0.2) is 74.0 Å². The Balaban J connectivity index is 1.25. The number of nitrogens with zero attached hydrogens (tertiary/aromatic N) is 5. The summed E-state index contributed by atoms with van der Waals surface area (Å²) in [5.41, 5.74) is 10.4. The average molecular weight is 546 g/mol. The zero-order valence-corrected chi connectivity index (χ0v) is 23.4. The highest BCUT2D eigenvalue weighted by Crippen LogP contribution is 2.28. The maximum absolute atomic E-state index is 13.5. The Bertz CT molecular complexity index is 1370. The number of benzene rings is 1. The molecule has 2 saturated heterocycles. The number of amides is 3. The Kier molecular flexibility index (Phi) is 8.44. The Labute approximate surface area is 234 Å². The molecule has 40 heavy (non-hydrogen) atoms. The summed E-state index contributed by atoms with van der Waals surface area (Å²) < 4.78 is 1.85. The van der Waals surface area contributed by atoms with Gasteiger partial charge in [0.05, 0.1) is 17.3 Å². The molecule has 1 aromatic carbocycles. The number of nitrogens with two attached hydrogens (primary N) is 1. The standard InChI is InChI=1S/C30H39N7O3/c1-20-24-16-22(5-7-26(24)35(2)34-20)18-33-29(39)27-17-23(15-21-9-11-32-12-10-21)19-37(27)30(40)25(31)6-8-28(38)36-13-3-4-14-36/h5,7,9-12,16,23,25,27H,3-4,6,8,13-15,17-19,31H2,1-2H3,(H,33,39)/t23-,25-,27+/m1/s1. The minimum atomic E-state index is -0.822. The second-order valence-corrected chi connectivity index (χ2v) is 11.2. The summed E-state index contributed by atoms with van der Waals surface area (Å²) in [7, 11) is 1.91. The molecule has 3 N–H and O–H groups in total. The maximum atomic E-state index is 13.5. The van der Waals surface area contributed by atoms with Gasteiger partial charge in [-0.3, -0.25) is 24.0 Å². The van der Waals surface area contributed by atoms with Gasteiger partial charge in [0.1, 0.15) is 6.04 Å². The molecule has 212 valence electrons. The molecule has 2 aliphatic heterocycles. The molecule has 2 fully saturated rings. The summed E-state index contributed by atoms with van der Waals surface area (Å²) >= 11 is 0. The molecule has 3 amide bonds. The number of hydrogen-bond acceptors (Lipinski definition) is 6. The van der Waals surface area contributed by atoms with Gasteiger partial charge in [0.15, 0.2) is 0 Å². The quantitative estimate of drug-likeness (QED) is 0.424. The summed E-state index contributed by atoms with van der Waals surface area (Å²) in [4.78, 5) is 47.1. The summed E-state index contributed by atoms with van der Waals surface area (Å²) in [6.07, 6.45) is 7.38. The largest absolute Gasteiger partial charge is 0.350 e. The van der Waals surface area contributed by atoms with Gasteiger partial charge in [-0.15, -0.1) is 0 Å². The van der Waals surface area contributed by atoms with Crippen molar-refractivity contribution in [2.24, 2.45) is 18.7 Å². The summed E-state index contributed by atoms with van der Waals surface area (Å²) in [6.45, 7) is 4.33. The minimum Gasteiger partial charge on any atom is -0.350 e. The fraction of sp³-hybridized carbons (Fsp3) is 0.500. The maximum Gasteiger partial charge on any atom is 0.243 e. The van der Waals surface area contributed by atoms with Crippen LogP contribution in [0.15, 0.2) is 42.7 Å². The van der Waals surface area contributed by atoms with E-state index in [1.165, 1.54) is 0 Å². The molecular weight excluding hydrogens is 506 g/mol. The molecular formula is C30H39N7O3. The van der Waals surface area contributed by atoms with E-state index in [9.17, 15) is 14.4 Å². The Morgan fingerprint density at radius 1 is 1.10 bits per heavy atom. The summed E-state index contributed by atoms with van der Waals surface area (Å²) in [5, 5.41) is 8.58. The van der Waals surface area contributed by atoms with E-state index in [0.717, 1.165) is 60.1 Å². The van der Waals surface area contributed by atoms with Gasteiger partial charge < -0.3 is 20.9 Å². The predicted molar refractivity (Wildman–Crippen MR) is 152 cm³/mol. The van der Waals surface area contributed by atoms with E-state index >= 15 is 0 Å². The Hall–Kier alpha value is -3.79. The third-order valence-electron chi connectivity index (χ3n) is 8.26. The van der Waals surface area contributed by atoms with Gasteiger partial charge in [-0.1, -0.05) is 6.07 Å². The topological polar surface area (TPSA) is 126 Å². The van der Waals surface area contributed by atoms with Crippen molar-refractivity contribution in [3.63, 3.8) is 0 Å². The minimum absolute atomic E-state index is 0.0489. The lowest BCUT2D eigenvalue weighted by Gasteiger charge is -2.27. The second-order valence-electron chi connectivity index (χ2n) is 11.2. The van der Waals surface area contributed by atoms with Crippen LogP contribution in [0.2, 0.25) is 0 Å². The molecule has 0 bridgehead atoms. The highest BCUT2D eigenvalue weighted by molar-refractivity contribution is 5.91. The number of likely N-dealkylation sites (tertiary alicyclic amines) is 2. The highest BCUT2D eigenvalue weighted by Gasteiger charge is 2.41. The first-order valence-corrected chi connectivity index (χ1v) is 14.2. The Morgan fingerprint density at radius 3 is 2.60 bits per heavy atom. The molecule has 3 atom stereocenters. The van der Waals surface area contributed by atoms with Gasteiger partial charge in [-0.05, 0) is 80.3 Å². The van der Waals surface area contributed by atoms with Crippen molar-refractivity contribution in [2.75, 3.05) is 19.6 Å². The monoisotopic (exact) mass is 545 g/mol. The second kappa shape index (κ2) is 12.2. The predicted octanol–water partition coefficient (Wildman–Crippen LogP) is 2.08. The van der Waals surface area contributed by atoms with Crippen LogP contribution < -0.4 is 11.1 Å². The zero-order chi connectivity index (χ0) is 28.2. The van der Waals surface area contributed by atoms with Crippen LogP contribution in [0.4, 0.5) is 0 Å². The first kappa shape index (κ1) is 27.8. The third-order valence-corrected chi connectivity index (χ3v) is 8.26. The molecule has 0 aliphatic carbocycles. The fourth-order valence-electron chi connectivity index (χ4n) is 6.06. The number of aryl methyl sites for hydroxylation is 2. The van der Waals surface area contributed by atoms with E-state index in [1.54, 1.807) is 17.3 Å². The van der Waals surface area contributed by atoms with Crippen LogP contribution in [-0.2, 0) is 34.4 Å². The molecule has 0 unspecified atom stereocenters. The van der Waals surface area contributed by atoms with Crippen molar-refractivity contribution >= 4 is 28.6 Å². The molecule has 2 aromatic heterocycles. The fourth-order valence-corrected chi connectivity index (χ4v) is 6.06. The molecule has 2 aliphatic rings. The van der Waals surface area contributed by atoms with Crippen LogP contribution in [0.1, 0.15) is 48.9 Å². The lowest BCUT2D eigenvalue weighted by Crippen LogP contribution is -2.51. The van der Waals surface area contributed by atoms with E-state index in [-0.39, 0.29) is 36.5 Å². The number of aromatic nitrogens is 3. The molecule has 10 nitrogen and oxygen atoms in total. The van der Waals surface area contributed by atoms with E-state index < -0.39 is 12.1 Å². The number of fused-ring (bicyclic) bond motifs is 1. The zero-order valence-electron chi connectivity index (χ0n) is 23.4. The van der Waals surface area contributed by atoms with Gasteiger partial charge in [-0.2, -0.15) is 5.10 Å². The van der Waals surface area contributed by atoms with Gasteiger partial charge >= 0.3 is 0 Å². The van der Waals surface area contributed by atoms with Crippen LogP contribution in [0.3, 0.4) is 0 Å². The average Bonchev–Trinajstić information content (AvgIpc) is 3.70. The molecule has 4 heterocycles. The summed E-state index contributed by atoms with van der Waals surface area (Å²) in [6, 6.07) is 8.55. The number of hydrogen-bond donors (Lipinski definition) is 2. The van der Waals surface area contributed by atoms with Crippen molar-refractivity contribution in [1.29, 1.82) is 0 Å². The van der Waals surface area contributed by atoms with Crippen molar-refractivity contribution in [1.82, 2.24) is 29.9 Å².